The van der Waals surface area contributed by atoms with Crippen LogP contribution in [0.15, 0.2) is 47.4 Å². The molecule has 0 fully saturated rings. The first kappa shape index (κ1) is 20.3. The highest BCUT2D eigenvalue weighted by atomic mass is 35.5. The number of halogens is 1. The molecule has 0 bridgehead atoms. The summed E-state index contributed by atoms with van der Waals surface area (Å²) in [6.07, 6.45) is 2.43. The second kappa shape index (κ2) is 10.2. The van der Waals surface area contributed by atoms with Crippen molar-refractivity contribution >= 4 is 46.6 Å². The number of carbonyl (C=O) groups excluding carboxylic acids is 2. The Hall–Kier alpha value is -1.98. The van der Waals surface area contributed by atoms with E-state index in [0.717, 1.165) is 34.7 Å². The fourth-order valence-electron chi connectivity index (χ4n) is 2.27. The number of carbonyl (C=O) groups is 2. The molecular formula is C20H23ClN2O2S. The summed E-state index contributed by atoms with van der Waals surface area (Å²) < 4.78 is 0. The summed E-state index contributed by atoms with van der Waals surface area (Å²) in [5.41, 5.74) is 2.36. The Balaban J connectivity index is 1.82. The van der Waals surface area contributed by atoms with Crippen LogP contribution >= 0.6 is 23.4 Å². The van der Waals surface area contributed by atoms with Crippen LogP contribution in [0.25, 0.3) is 0 Å². The highest BCUT2D eigenvalue weighted by molar-refractivity contribution is 8.00. The van der Waals surface area contributed by atoms with Crippen molar-refractivity contribution in [2.75, 3.05) is 16.4 Å². The zero-order chi connectivity index (χ0) is 18.9. The average Bonchev–Trinajstić information content (AvgIpc) is 2.63. The molecule has 0 unspecified atom stereocenters. The molecule has 0 aliphatic heterocycles. The van der Waals surface area contributed by atoms with E-state index in [-0.39, 0.29) is 11.8 Å². The minimum absolute atomic E-state index is 0.0310. The molecular weight excluding hydrogens is 368 g/mol. The van der Waals surface area contributed by atoms with Gasteiger partial charge in [0.15, 0.2) is 0 Å². The summed E-state index contributed by atoms with van der Waals surface area (Å²) in [7, 11) is 0. The largest absolute Gasteiger partial charge is 0.326 e. The third-order valence-corrected chi connectivity index (χ3v) is 5.23. The van der Waals surface area contributed by atoms with E-state index >= 15 is 0 Å². The predicted molar refractivity (Wildman–Crippen MR) is 110 cm³/mol. The maximum atomic E-state index is 12.1. The fraction of sp³-hybridized carbons (Fsp3) is 0.300. The van der Waals surface area contributed by atoms with Gasteiger partial charge in [0.25, 0.3) is 0 Å². The molecule has 0 aromatic heterocycles. The molecule has 6 heteroatoms. The monoisotopic (exact) mass is 390 g/mol. The smallest absolute Gasteiger partial charge is 0.234 e. The van der Waals surface area contributed by atoms with Gasteiger partial charge in [0.1, 0.15) is 0 Å². The van der Waals surface area contributed by atoms with E-state index in [9.17, 15) is 9.59 Å². The first-order chi connectivity index (χ1) is 12.5. The molecule has 26 heavy (non-hydrogen) atoms. The predicted octanol–water partition coefficient (Wildman–Crippen LogP) is 5.51. The number of hydrogen-bond donors (Lipinski definition) is 2. The van der Waals surface area contributed by atoms with Crippen molar-refractivity contribution < 1.29 is 9.59 Å². The molecule has 0 atom stereocenters. The number of unbranched alkanes of at least 4 members (excludes halogenated alkanes) is 1. The molecule has 0 aliphatic carbocycles. The number of amides is 2. The van der Waals surface area contributed by atoms with Crippen LogP contribution in [0.1, 0.15) is 31.7 Å². The summed E-state index contributed by atoms with van der Waals surface area (Å²) in [5.74, 6) is 0.245. The Morgan fingerprint density at radius 1 is 1.04 bits per heavy atom. The van der Waals surface area contributed by atoms with Crippen LogP contribution in [0.3, 0.4) is 0 Å². The molecule has 2 rings (SSSR count). The fourth-order valence-corrected chi connectivity index (χ4v) is 3.15. The van der Waals surface area contributed by atoms with E-state index in [2.05, 4.69) is 17.6 Å². The van der Waals surface area contributed by atoms with E-state index in [1.165, 1.54) is 11.8 Å². The number of rotatable bonds is 8. The SMILES string of the molecule is CCCCC(=O)Nc1ccc(SCC(=O)Nc2cccc(Cl)c2C)cc1. The third-order valence-electron chi connectivity index (χ3n) is 3.81. The molecule has 2 aromatic rings. The highest BCUT2D eigenvalue weighted by Gasteiger charge is 2.08. The van der Waals surface area contributed by atoms with Gasteiger partial charge in [0, 0.05) is 27.7 Å². The minimum atomic E-state index is -0.0858. The number of hydrogen-bond acceptors (Lipinski definition) is 3. The van der Waals surface area contributed by atoms with Crippen molar-refractivity contribution in [3.63, 3.8) is 0 Å². The normalized spacial score (nSPS) is 10.4. The number of anilines is 2. The lowest BCUT2D eigenvalue weighted by molar-refractivity contribution is -0.116. The Bertz CT molecular complexity index is 763. The Labute approximate surface area is 163 Å². The average molecular weight is 391 g/mol. The second-order valence-electron chi connectivity index (χ2n) is 5.93. The molecule has 0 spiro atoms. The van der Waals surface area contributed by atoms with Gasteiger partial charge in [-0.2, -0.15) is 0 Å². The lowest BCUT2D eigenvalue weighted by atomic mass is 10.2. The van der Waals surface area contributed by atoms with Crippen LogP contribution in [0.2, 0.25) is 5.02 Å². The van der Waals surface area contributed by atoms with Crippen molar-refractivity contribution in [3.05, 3.63) is 53.1 Å². The zero-order valence-corrected chi connectivity index (χ0v) is 16.5. The van der Waals surface area contributed by atoms with Crippen molar-refractivity contribution in [1.29, 1.82) is 0 Å². The third kappa shape index (κ3) is 6.39. The van der Waals surface area contributed by atoms with Crippen LogP contribution < -0.4 is 10.6 Å². The highest BCUT2D eigenvalue weighted by Crippen LogP contribution is 2.24. The van der Waals surface area contributed by atoms with Crippen LogP contribution in [0, 0.1) is 6.92 Å². The molecule has 2 aromatic carbocycles. The summed E-state index contributed by atoms with van der Waals surface area (Å²) in [6.45, 7) is 3.93. The van der Waals surface area contributed by atoms with Gasteiger partial charge in [-0.1, -0.05) is 31.0 Å². The van der Waals surface area contributed by atoms with Gasteiger partial charge in [-0.25, -0.2) is 0 Å². The number of thioether (sulfide) groups is 1. The maximum absolute atomic E-state index is 12.1. The molecule has 2 N–H and O–H groups in total. The zero-order valence-electron chi connectivity index (χ0n) is 15.0. The van der Waals surface area contributed by atoms with E-state index in [1.54, 1.807) is 6.07 Å². The molecule has 4 nitrogen and oxygen atoms in total. The first-order valence-corrected chi connectivity index (χ1v) is 9.93. The van der Waals surface area contributed by atoms with E-state index in [4.69, 9.17) is 11.6 Å². The van der Waals surface area contributed by atoms with Gasteiger partial charge in [-0.05, 0) is 55.3 Å². The maximum Gasteiger partial charge on any atom is 0.234 e. The van der Waals surface area contributed by atoms with Gasteiger partial charge in [-0.15, -0.1) is 11.8 Å². The Morgan fingerprint density at radius 3 is 2.46 bits per heavy atom. The topological polar surface area (TPSA) is 58.2 Å². The summed E-state index contributed by atoms with van der Waals surface area (Å²) in [6, 6.07) is 12.9. The van der Waals surface area contributed by atoms with E-state index in [0.29, 0.717) is 17.2 Å². The standard InChI is InChI=1S/C20H23ClN2O2S/c1-3-4-8-19(24)22-15-9-11-16(12-10-15)26-13-20(25)23-18-7-5-6-17(21)14(18)2/h5-7,9-12H,3-4,8,13H2,1-2H3,(H,22,24)(H,23,25). The van der Waals surface area contributed by atoms with Gasteiger partial charge >= 0.3 is 0 Å². The van der Waals surface area contributed by atoms with Gasteiger partial charge in [-0.3, -0.25) is 9.59 Å². The summed E-state index contributed by atoms with van der Waals surface area (Å²) >= 11 is 7.50. The molecule has 0 heterocycles. The van der Waals surface area contributed by atoms with Gasteiger partial charge in [0.2, 0.25) is 11.8 Å². The Morgan fingerprint density at radius 2 is 1.77 bits per heavy atom. The summed E-state index contributed by atoms with van der Waals surface area (Å²) in [4.78, 5) is 24.8. The summed E-state index contributed by atoms with van der Waals surface area (Å²) in [5, 5.41) is 6.38. The van der Waals surface area contributed by atoms with Crippen molar-refractivity contribution in [3.8, 4) is 0 Å². The quantitative estimate of drug-likeness (QED) is 0.584. The molecule has 138 valence electrons. The van der Waals surface area contributed by atoms with Crippen LogP contribution in [-0.2, 0) is 9.59 Å². The van der Waals surface area contributed by atoms with Crippen LogP contribution in [0.5, 0.6) is 0 Å². The number of nitrogens with one attached hydrogen (secondary N) is 2. The van der Waals surface area contributed by atoms with Crippen LogP contribution in [-0.4, -0.2) is 17.6 Å². The molecule has 0 saturated carbocycles. The van der Waals surface area contributed by atoms with Gasteiger partial charge < -0.3 is 10.6 Å². The molecule has 2 amide bonds. The first-order valence-electron chi connectivity index (χ1n) is 8.57. The lowest BCUT2D eigenvalue weighted by Gasteiger charge is -2.09. The van der Waals surface area contributed by atoms with E-state index in [1.807, 2.05) is 43.3 Å². The number of benzene rings is 2. The minimum Gasteiger partial charge on any atom is -0.326 e. The van der Waals surface area contributed by atoms with Crippen molar-refractivity contribution in [1.82, 2.24) is 0 Å². The second-order valence-corrected chi connectivity index (χ2v) is 7.38. The lowest BCUT2D eigenvalue weighted by Crippen LogP contribution is -2.14. The molecule has 0 radical (unpaired) electrons. The van der Waals surface area contributed by atoms with Crippen LogP contribution in [0.4, 0.5) is 11.4 Å². The molecule has 0 saturated heterocycles. The van der Waals surface area contributed by atoms with E-state index < -0.39 is 0 Å². The van der Waals surface area contributed by atoms with Gasteiger partial charge in [0.05, 0.1) is 5.75 Å². The van der Waals surface area contributed by atoms with Crippen molar-refractivity contribution in [2.45, 2.75) is 38.0 Å². The van der Waals surface area contributed by atoms with Crippen molar-refractivity contribution in [2.24, 2.45) is 0 Å². The molecule has 0 aliphatic rings. The Kier molecular flexibility index (Phi) is 8.01.